The van der Waals surface area contributed by atoms with E-state index in [1.807, 2.05) is 24.3 Å². The van der Waals surface area contributed by atoms with Gasteiger partial charge in [0.2, 0.25) is 0 Å². The van der Waals surface area contributed by atoms with Gasteiger partial charge in [0.25, 0.3) is 0 Å². The number of aryl methyl sites for hydroxylation is 2. The monoisotopic (exact) mass is 366 g/mol. The Balaban J connectivity index is 2.63. The zero-order valence-corrected chi connectivity index (χ0v) is 13.9. The summed E-state index contributed by atoms with van der Waals surface area (Å²) < 4.78 is 1.10. The van der Waals surface area contributed by atoms with Crippen LogP contribution in [0.4, 0.5) is 0 Å². The van der Waals surface area contributed by atoms with Crippen molar-refractivity contribution >= 4 is 22.6 Å². The zero-order chi connectivity index (χ0) is 14.2. The van der Waals surface area contributed by atoms with Gasteiger partial charge in [-0.25, -0.2) is 0 Å². The zero-order valence-electron chi connectivity index (χ0n) is 11.8. The van der Waals surface area contributed by atoms with Crippen LogP contribution >= 0.6 is 22.6 Å². The molecule has 0 bridgehead atoms. The van der Waals surface area contributed by atoms with Crippen molar-refractivity contribution in [2.24, 2.45) is 0 Å². The van der Waals surface area contributed by atoms with Crippen LogP contribution in [0, 0.1) is 31.3 Å². The van der Waals surface area contributed by atoms with Gasteiger partial charge in [-0.05, 0) is 89.7 Å². The number of halogens is 1. The molecule has 2 rings (SSSR count). The first-order valence-corrected chi connectivity index (χ1v) is 7.51. The van der Waals surface area contributed by atoms with Crippen molar-refractivity contribution in [1.29, 1.82) is 0 Å². The van der Waals surface area contributed by atoms with E-state index in [4.69, 9.17) is 0 Å². The second kappa shape index (κ2) is 5.63. The first-order chi connectivity index (χ1) is 8.93. The largest absolute Gasteiger partial charge is 0.384 e. The van der Waals surface area contributed by atoms with Gasteiger partial charge in [-0.1, -0.05) is 24.3 Å². The molecule has 0 aliphatic heterocycles. The lowest BCUT2D eigenvalue weighted by molar-refractivity contribution is 0.217. The minimum Gasteiger partial charge on any atom is -0.384 e. The highest BCUT2D eigenvalue weighted by molar-refractivity contribution is 14.1. The van der Waals surface area contributed by atoms with Gasteiger partial charge in [-0.3, -0.25) is 0 Å². The van der Waals surface area contributed by atoms with Gasteiger partial charge in [-0.2, -0.15) is 0 Å². The average molecular weight is 366 g/mol. The molecule has 1 atom stereocenters. The molecule has 100 valence electrons. The maximum atomic E-state index is 10.8. The summed E-state index contributed by atoms with van der Waals surface area (Å²) in [6.45, 7) is 8.40. The number of aliphatic hydroxyl groups is 1. The fourth-order valence-electron chi connectivity index (χ4n) is 2.51. The van der Waals surface area contributed by atoms with Crippen LogP contribution in [-0.2, 0) is 0 Å². The Bertz CT molecular complexity index is 591. The molecule has 0 aliphatic carbocycles. The third-order valence-corrected chi connectivity index (χ3v) is 4.88. The van der Waals surface area contributed by atoms with Crippen molar-refractivity contribution in [2.45, 2.75) is 33.8 Å². The van der Waals surface area contributed by atoms with Gasteiger partial charge < -0.3 is 5.11 Å². The van der Waals surface area contributed by atoms with Crippen molar-refractivity contribution in [1.82, 2.24) is 0 Å². The molecule has 1 nitrogen and oxygen atoms in total. The molecule has 1 unspecified atom stereocenters. The van der Waals surface area contributed by atoms with Crippen LogP contribution < -0.4 is 0 Å². The molecule has 0 radical (unpaired) electrons. The molecule has 2 heteroatoms. The highest BCUT2D eigenvalue weighted by Crippen LogP contribution is 2.33. The number of aliphatic hydroxyl groups excluding tert-OH is 1. The summed E-state index contributed by atoms with van der Waals surface area (Å²) in [5, 5.41) is 10.8. The molecular weight excluding hydrogens is 347 g/mol. The average Bonchev–Trinajstić information content (AvgIpc) is 2.37. The Morgan fingerprint density at radius 3 is 2.00 bits per heavy atom. The molecule has 2 aromatic rings. The Morgan fingerprint density at radius 2 is 1.47 bits per heavy atom. The van der Waals surface area contributed by atoms with E-state index in [0.717, 1.165) is 14.7 Å². The Labute approximate surface area is 128 Å². The molecule has 0 saturated carbocycles. The van der Waals surface area contributed by atoms with Crippen molar-refractivity contribution < 1.29 is 5.11 Å². The summed E-state index contributed by atoms with van der Waals surface area (Å²) in [5.74, 6) is 0. The van der Waals surface area contributed by atoms with E-state index in [1.165, 1.54) is 22.3 Å². The summed E-state index contributed by atoms with van der Waals surface area (Å²) in [5.41, 5.74) is 6.90. The predicted octanol–water partition coefficient (Wildman–Crippen LogP) is 4.61. The normalized spacial score (nSPS) is 12.5. The second-order valence-electron chi connectivity index (χ2n) is 5.10. The maximum Gasteiger partial charge on any atom is 0.106 e. The quantitative estimate of drug-likeness (QED) is 0.770. The van der Waals surface area contributed by atoms with Crippen molar-refractivity contribution in [2.75, 3.05) is 0 Å². The molecule has 0 aromatic heterocycles. The number of rotatable bonds is 2. The fourth-order valence-corrected chi connectivity index (χ4v) is 3.19. The number of benzene rings is 2. The molecule has 0 fully saturated rings. The lowest BCUT2D eigenvalue weighted by Crippen LogP contribution is -2.08. The van der Waals surface area contributed by atoms with E-state index in [0.29, 0.717) is 0 Å². The van der Waals surface area contributed by atoms with E-state index in [-0.39, 0.29) is 0 Å². The standard InChI is InChI=1S/C17H19IO/c1-10-9-11(2)13(4)16(12(10)3)17(19)14-7-5-6-8-15(14)18/h5-9,17,19H,1-4H3. The van der Waals surface area contributed by atoms with Crippen LogP contribution in [0.2, 0.25) is 0 Å². The van der Waals surface area contributed by atoms with E-state index in [1.54, 1.807) is 0 Å². The summed E-state index contributed by atoms with van der Waals surface area (Å²) >= 11 is 2.28. The molecule has 0 amide bonds. The van der Waals surface area contributed by atoms with Crippen LogP contribution in [0.25, 0.3) is 0 Å². The summed E-state index contributed by atoms with van der Waals surface area (Å²) in [4.78, 5) is 0. The van der Waals surface area contributed by atoms with E-state index >= 15 is 0 Å². The van der Waals surface area contributed by atoms with Gasteiger partial charge in [0.1, 0.15) is 6.10 Å². The maximum absolute atomic E-state index is 10.8. The Hall–Kier alpha value is -0.870. The summed E-state index contributed by atoms with van der Waals surface area (Å²) in [6, 6.07) is 10.2. The van der Waals surface area contributed by atoms with Crippen LogP contribution in [0.15, 0.2) is 30.3 Å². The lowest BCUT2D eigenvalue weighted by atomic mass is 9.88. The molecule has 0 heterocycles. The number of hydrogen-bond acceptors (Lipinski definition) is 1. The molecule has 1 N–H and O–H groups in total. The first-order valence-electron chi connectivity index (χ1n) is 6.43. The predicted molar refractivity (Wildman–Crippen MR) is 88.6 cm³/mol. The molecule has 0 spiro atoms. The van der Waals surface area contributed by atoms with Crippen molar-refractivity contribution in [3.05, 3.63) is 67.3 Å². The first kappa shape index (κ1) is 14.5. The molecular formula is C17H19IO. The Morgan fingerprint density at radius 1 is 0.947 bits per heavy atom. The SMILES string of the molecule is Cc1cc(C)c(C)c(C(O)c2ccccc2I)c1C. The van der Waals surface area contributed by atoms with Gasteiger partial charge in [0, 0.05) is 3.57 Å². The van der Waals surface area contributed by atoms with Crippen molar-refractivity contribution in [3.63, 3.8) is 0 Å². The highest BCUT2D eigenvalue weighted by atomic mass is 127. The number of hydrogen-bond donors (Lipinski definition) is 1. The van der Waals surface area contributed by atoms with E-state index < -0.39 is 6.10 Å². The third kappa shape index (κ3) is 2.70. The summed E-state index contributed by atoms with van der Waals surface area (Å²) in [6.07, 6.45) is -0.549. The van der Waals surface area contributed by atoms with Crippen LogP contribution in [0.3, 0.4) is 0 Å². The van der Waals surface area contributed by atoms with Gasteiger partial charge >= 0.3 is 0 Å². The van der Waals surface area contributed by atoms with Crippen molar-refractivity contribution in [3.8, 4) is 0 Å². The van der Waals surface area contributed by atoms with E-state index in [9.17, 15) is 5.11 Å². The van der Waals surface area contributed by atoms with Crippen LogP contribution in [0.1, 0.15) is 39.5 Å². The molecule has 19 heavy (non-hydrogen) atoms. The van der Waals surface area contributed by atoms with Crippen LogP contribution in [-0.4, -0.2) is 5.11 Å². The molecule has 0 saturated heterocycles. The fraction of sp³-hybridized carbons (Fsp3) is 0.294. The molecule has 0 aliphatic rings. The van der Waals surface area contributed by atoms with Gasteiger partial charge in [0.15, 0.2) is 0 Å². The van der Waals surface area contributed by atoms with Crippen LogP contribution in [0.5, 0.6) is 0 Å². The second-order valence-corrected chi connectivity index (χ2v) is 6.26. The molecule has 2 aromatic carbocycles. The lowest BCUT2D eigenvalue weighted by Gasteiger charge is -2.21. The summed E-state index contributed by atoms with van der Waals surface area (Å²) in [7, 11) is 0. The van der Waals surface area contributed by atoms with Gasteiger partial charge in [-0.15, -0.1) is 0 Å². The minimum atomic E-state index is -0.549. The van der Waals surface area contributed by atoms with E-state index in [2.05, 4.69) is 56.4 Å². The third-order valence-electron chi connectivity index (χ3n) is 3.90. The van der Waals surface area contributed by atoms with Gasteiger partial charge in [0.05, 0.1) is 0 Å². The Kier molecular flexibility index (Phi) is 4.31. The topological polar surface area (TPSA) is 20.2 Å². The smallest absolute Gasteiger partial charge is 0.106 e. The minimum absolute atomic E-state index is 0.549. The highest BCUT2D eigenvalue weighted by Gasteiger charge is 2.19.